The van der Waals surface area contributed by atoms with Crippen LogP contribution in [0, 0.1) is 35.7 Å². The molecule has 4 aromatic rings. The van der Waals surface area contributed by atoms with E-state index in [1.165, 1.54) is 12.1 Å². The third kappa shape index (κ3) is 5.16. The van der Waals surface area contributed by atoms with E-state index in [-0.39, 0.29) is 28.3 Å². The minimum Gasteiger partial charge on any atom is -0.465 e. The Morgan fingerprint density at radius 3 is 2.58 bits per heavy atom. The number of piperidine rings is 1. The number of nitrogens with two attached hydrogens (primary N) is 1. The van der Waals surface area contributed by atoms with Gasteiger partial charge in [-0.25, -0.2) is 18.0 Å². The van der Waals surface area contributed by atoms with Gasteiger partial charge in [-0.05, 0) is 66.8 Å². The van der Waals surface area contributed by atoms with Gasteiger partial charge in [0, 0.05) is 53.9 Å². The van der Waals surface area contributed by atoms with Crippen LogP contribution in [0.3, 0.4) is 0 Å². The van der Waals surface area contributed by atoms with E-state index in [0.29, 0.717) is 35.1 Å². The van der Waals surface area contributed by atoms with E-state index in [2.05, 4.69) is 15.2 Å². The van der Waals surface area contributed by atoms with Crippen LogP contribution in [-0.2, 0) is 6.54 Å². The highest BCUT2D eigenvalue weighted by molar-refractivity contribution is 6.02. The number of amides is 1. The number of halogens is 3. The number of hydrogen-bond acceptors (Lipinski definition) is 5. The van der Waals surface area contributed by atoms with Crippen LogP contribution in [0.2, 0.25) is 0 Å². The van der Waals surface area contributed by atoms with Crippen LogP contribution < -0.4 is 16.0 Å². The lowest BCUT2D eigenvalue weighted by Crippen LogP contribution is -2.40. The van der Waals surface area contributed by atoms with Gasteiger partial charge in [-0.15, -0.1) is 0 Å². The molecule has 1 aliphatic heterocycles. The van der Waals surface area contributed by atoms with Gasteiger partial charge in [0.05, 0.1) is 22.8 Å². The van der Waals surface area contributed by atoms with Gasteiger partial charge in [0.15, 0.2) is 11.6 Å². The van der Waals surface area contributed by atoms with Crippen molar-refractivity contribution in [3.8, 4) is 28.3 Å². The summed E-state index contributed by atoms with van der Waals surface area (Å²) in [4.78, 5) is 17.9. The summed E-state index contributed by atoms with van der Waals surface area (Å²) in [6, 6.07) is 12.2. The first-order chi connectivity index (χ1) is 19.2. The minimum absolute atomic E-state index is 0.0125. The second-order valence-corrected chi connectivity index (χ2v) is 9.94. The van der Waals surface area contributed by atoms with Crippen molar-refractivity contribution in [1.82, 2.24) is 10.3 Å². The summed E-state index contributed by atoms with van der Waals surface area (Å²) in [5.41, 5.74) is 9.38. The molecule has 4 N–H and O–H groups in total. The van der Waals surface area contributed by atoms with Crippen molar-refractivity contribution in [3.63, 3.8) is 0 Å². The predicted octanol–water partition coefficient (Wildman–Crippen LogP) is 5.86. The van der Waals surface area contributed by atoms with Crippen LogP contribution in [0.25, 0.3) is 33.2 Å². The number of nitrogens with zero attached hydrogens (tertiary/aromatic N) is 3. The van der Waals surface area contributed by atoms with Crippen LogP contribution in [0.5, 0.6) is 0 Å². The van der Waals surface area contributed by atoms with Crippen LogP contribution in [0.1, 0.15) is 29.5 Å². The molecular weight excluding hydrogens is 519 g/mol. The summed E-state index contributed by atoms with van der Waals surface area (Å²) in [5, 5.41) is 21.5. The van der Waals surface area contributed by atoms with Crippen molar-refractivity contribution in [1.29, 1.82) is 5.26 Å². The highest BCUT2D eigenvalue weighted by Crippen LogP contribution is 2.41. The molecule has 1 aliphatic rings. The topological polar surface area (TPSA) is 115 Å². The fourth-order valence-electron chi connectivity index (χ4n) is 5.31. The molecule has 0 saturated carbocycles. The highest BCUT2D eigenvalue weighted by Gasteiger charge is 2.25. The quantitative estimate of drug-likeness (QED) is 0.289. The Hall–Kier alpha value is -4.62. The second-order valence-electron chi connectivity index (χ2n) is 9.94. The van der Waals surface area contributed by atoms with Crippen molar-refractivity contribution in [2.24, 2.45) is 5.73 Å². The Labute approximate surface area is 228 Å². The molecule has 0 spiro atoms. The van der Waals surface area contributed by atoms with Crippen LogP contribution in [0.4, 0.5) is 23.7 Å². The summed E-state index contributed by atoms with van der Waals surface area (Å²) in [6.45, 7) is 2.66. The molecule has 40 heavy (non-hydrogen) atoms. The highest BCUT2D eigenvalue weighted by atomic mass is 19.2. The van der Waals surface area contributed by atoms with Crippen molar-refractivity contribution in [3.05, 3.63) is 82.8 Å². The van der Waals surface area contributed by atoms with E-state index in [1.54, 1.807) is 31.3 Å². The molecule has 1 aromatic heterocycles. The lowest BCUT2D eigenvalue weighted by atomic mass is 9.92. The number of nitriles is 1. The maximum atomic E-state index is 15.4. The van der Waals surface area contributed by atoms with Crippen LogP contribution in [0.15, 0.2) is 48.7 Å². The minimum atomic E-state index is -1.37. The van der Waals surface area contributed by atoms with Crippen molar-refractivity contribution < 1.29 is 23.1 Å². The van der Waals surface area contributed by atoms with Crippen LogP contribution in [-0.4, -0.2) is 35.3 Å². The summed E-state index contributed by atoms with van der Waals surface area (Å²) in [5.74, 6) is -2.81. The molecular formula is C30H26F3N5O2. The molecule has 2 heterocycles. The molecule has 0 radical (unpaired) electrons. The molecule has 0 aliphatic carbocycles. The Morgan fingerprint density at radius 2 is 1.90 bits per heavy atom. The van der Waals surface area contributed by atoms with Crippen molar-refractivity contribution >= 4 is 22.7 Å². The average Bonchev–Trinajstić information content (AvgIpc) is 2.92. The predicted molar refractivity (Wildman–Crippen MR) is 146 cm³/mol. The van der Waals surface area contributed by atoms with Gasteiger partial charge in [-0.2, -0.15) is 5.26 Å². The SMILES string of the molecule is Cc1cc(F)cc(-c2cnc3ccc(-c4c(F)c(F)cc(C#N)c4CNC(=O)O)cc3c2N2CCC(N)CC2)c1. The number of rotatable bonds is 5. The number of aryl methyl sites for hydroxylation is 1. The Morgan fingerprint density at radius 1 is 1.15 bits per heavy atom. The first-order valence-electron chi connectivity index (χ1n) is 12.7. The zero-order chi connectivity index (χ0) is 28.6. The third-order valence-corrected chi connectivity index (χ3v) is 7.20. The van der Waals surface area contributed by atoms with E-state index in [1.807, 2.05) is 12.1 Å². The number of nitrogens with one attached hydrogen (secondary N) is 1. The second kappa shape index (κ2) is 10.9. The molecule has 0 atom stereocenters. The maximum Gasteiger partial charge on any atom is 0.404 e. The Bertz CT molecular complexity index is 1660. The lowest BCUT2D eigenvalue weighted by molar-refractivity contribution is 0.194. The number of benzene rings is 3. The Kier molecular flexibility index (Phi) is 7.32. The molecule has 5 rings (SSSR count). The monoisotopic (exact) mass is 545 g/mol. The van der Waals surface area contributed by atoms with Gasteiger partial charge in [-0.3, -0.25) is 4.98 Å². The van der Waals surface area contributed by atoms with E-state index in [4.69, 9.17) is 10.8 Å². The molecule has 1 amide bonds. The largest absolute Gasteiger partial charge is 0.465 e. The molecule has 10 heteroatoms. The molecule has 204 valence electrons. The summed E-state index contributed by atoms with van der Waals surface area (Å²) < 4.78 is 44.5. The fourth-order valence-corrected chi connectivity index (χ4v) is 5.31. The van der Waals surface area contributed by atoms with E-state index < -0.39 is 30.1 Å². The summed E-state index contributed by atoms with van der Waals surface area (Å²) >= 11 is 0. The molecule has 7 nitrogen and oxygen atoms in total. The van der Waals surface area contributed by atoms with E-state index >= 15 is 4.39 Å². The number of carboxylic acid groups (broad SMARTS) is 1. The van der Waals surface area contributed by atoms with Gasteiger partial charge in [-0.1, -0.05) is 12.1 Å². The van der Waals surface area contributed by atoms with Gasteiger partial charge in [0.1, 0.15) is 5.82 Å². The van der Waals surface area contributed by atoms with Gasteiger partial charge >= 0.3 is 6.09 Å². The van der Waals surface area contributed by atoms with Gasteiger partial charge in [0.2, 0.25) is 0 Å². The number of anilines is 1. The van der Waals surface area contributed by atoms with Crippen molar-refractivity contribution in [2.75, 3.05) is 18.0 Å². The Balaban J connectivity index is 1.79. The zero-order valence-corrected chi connectivity index (χ0v) is 21.6. The number of aromatic nitrogens is 1. The molecule has 0 bridgehead atoms. The number of fused-ring (bicyclic) bond motifs is 1. The smallest absolute Gasteiger partial charge is 0.404 e. The number of pyridine rings is 1. The number of carbonyl (C=O) groups is 1. The lowest BCUT2D eigenvalue weighted by Gasteiger charge is -2.34. The van der Waals surface area contributed by atoms with Gasteiger partial charge in [0.25, 0.3) is 0 Å². The third-order valence-electron chi connectivity index (χ3n) is 7.20. The van der Waals surface area contributed by atoms with Crippen molar-refractivity contribution in [2.45, 2.75) is 32.4 Å². The normalized spacial score (nSPS) is 13.8. The van der Waals surface area contributed by atoms with Gasteiger partial charge < -0.3 is 21.1 Å². The van der Waals surface area contributed by atoms with Crippen LogP contribution >= 0.6 is 0 Å². The maximum absolute atomic E-state index is 15.4. The van der Waals surface area contributed by atoms with E-state index in [9.17, 15) is 18.8 Å². The molecule has 3 aromatic carbocycles. The first kappa shape index (κ1) is 27.0. The fraction of sp³-hybridized carbons (Fsp3) is 0.233. The zero-order valence-electron chi connectivity index (χ0n) is 21.6. The summed E-state index contributed by atoms with van der Waals surface area (Å²) in [7, 11) is 0. The number of hydrogen-bond donors (Lipinski definition) is 3. The average molecular weight is 546 g/mol. The molecule has 1 fully saturated rings. The molecule has 0 unspecified atom stereocenters. The summed E-state index contributed by atoms with van der Waals surface area (Å²) in [6.07, 6.45) is 1.78. The molecule has 1 saturated heterocycles. The standard InChI is InChI=1S/C30H26F3N5O2/c1-16-8-18(10-20(31)9-16)24-15-36-26-3-2-17(11-22(26)29(24)38-6-4-21(35)5-7-38)27-23(14-37-30(39)40)19(13-34)12-25(32)28(27)33/h2-3,8-12,15,21,37H,4-7,14,35H2,1H3,(H,39,40). The first-order valence-corrected chi connectivity index (χ1v) is 12.7. The van der Waals surface area contributed by atoms with E-state index in [0.717, 1.165) is 30.2 Å².